The molecule has 76 valence electrons. The smallest absolute Gasteiger partial charge is 0.195 e. The van der Waals surface area contributed by atoms with Crippen molar-refractivity contribution in [2.75, 3.05) is 0 Å². The van der Waals surface area contributed by atoms with E-state index in [1.54, 1.807) is 17.4 Å². The Hall–Kier alpha value is -1.19. The van der Waals surface area contributed by atoms with Crippen LogP contribution in [0, 0.1) is 6.92 Å². The molecule has 0 unspecified atom stereocenters. The number of allylic oxidation sites excluding steroid dienone is 1. The van der Waals surface area contributed by atoms with Gasteiger partial charge in [-0.05, 0) is 42.7 Å². The largest absolute Gasteiger partial charge is 0.288 e. The molecule has 0 bridgehead atoms. The topological polar surface area (TPSA) is 17.1 Å². The molecule has 0 spiro atoms. The minimum absolute atomic E-state index is 0.0797. The van der Waals surface area contributed by atoms with Crippen molar-refractivity contribution in [3.05, 3.63) is 50.4 Å². The van der Waals surface area contributed by atoms with Gasteiger partial charge in [-0.15, -0.1) is 22.7 Å². The zero-order valence-electron chi connectivity index (χ0n) is 8.27. The number of hydrogen-bond acceptors (Lipinski definition) is 3. The number of carbonyl (C=O) groups excluding carboxylic acids is 1. The molecular weight excluding hydrogens is 224 g/mol. The number of carbonyl (C=O) groups is 1. The van der Waals surface area contributed by atoms with Crippen LogP contribution in [0.1, 0.15) is 19.4 Å². The molecule has 0 atom stereocenters. The van der Waals surface area contributed by atoms with Gasteiger partial charge in [0.1, 0.15) is 0 Å². The first kappa shape index (κ1) is 10.3. The number of hydrogen-bond donors (Lipinski definition) is 0. The van der Waals surface area contributed by atoms with Crippen LogP contribution in [-0.4, -0.2) is 5.78 Å². The molecule has 0 aliphatic rings. The maximum absolute atomic E-state index is 11.6. The Morgan fingerprint density at radius 3 is 2.80 bits per heavy atom. The van der Waals surface area contributed by atoms with Crippen LogP contribution in [0.4, 0.5) is 0 Å². The Balaban J connectivity index is 2.09. The number of ketones is 1. The lowest BCUT2D eigenvalue weighted by Crippen LogP contribution is -1.87. The second-order valence-corrected chi connectivity index (χ2v) is 5.39. The second-order valence-electron chi connectivity index (χ2n) is 3.12. The molecule has 0 aliphatic carbocycles. The quantitative estimate of drug-likeness (QED) is 0.579. The molecule has 15 heavy (non-hydrogen) atoms. The zero-order valence-corrected chi connectivity index (χ0v) is 9.90. The van der Waals surface area contributed by atoms with Gasteiger partial charge in [0.2, 0.25) is 0 Å². The summed E-state index contributed by atoms with van der Waals surface area (Å²) < 4.78 is 0. The third-order valence-electron chi connectivity index (χ3n) is 1.92. The molecule has 0 fully saturated rings. The van der Waals surface area contributed by atoms with E-state index in [1.165, 1.54) is 16.2 Å². The van der Waals surface area contributed by atoms with Crippen LogP contribution < -0.4 is 0 Å². The molecule has 2 rings (SSSR count). The molecule has 2 heterocycles. The third kappa shape index (κ3) is 2.64. The molecule has 1 nitrogen and oxygen atoms in total. The van der Waals surface area contributed by atoms with Gasteiger partial charge < -0.3 is 0 Å². The predicted molar refractivity (Wildman–Crippen MR) is 66.7 cm³/mol. The molecule has 0 N–H and O–H groups in total. The summed E-state index contributed by atoms with van der Waals surface area (Å²) in [6.45, 7) is 2.06. The predicted octanol–water partition coefficient (Wildman–Crippen LogP) is 4.01. The average molecular weight is 234 g/mol. The van der Waals surface area contributed by atoms with Crippen molar-refractivity contribution in [1.29, 1.82) is 0 Å². The molecule has 0 amide bonds. The van der Waals surface area contributed by atoms with Gasteiger partial charge >= 0.3 is 0 Å². The maximum atomic E-state index is 11.6. The molecule has 0 saturated carbocycles. The third-order valence-corrected chi connectivity index (χ3v) is 3.77. The summed E-state index contributed by atoms with van der Waals surface area (Å²) in [5, 5.41) is 1.91. The zero-order chi connectivity index (χ0) is 10.7. The van der Waals surface area contributed by atoms with Gasteiger partial charge in [-0.25, -0.2) is 0 Å². The van der Waals surface area contributed by atoms with Crippen molar-refractivity contribution >= 4 is 34.5 Å². The fourth-order valence-corrected chi connectivity index (χ4v) is 2.63. The Kier molecular flexibility index (Phi) is 3.14. The monoisotopic (exact) mass is 234 g/mol. The molecule has 0 aliphatic heterocycles. The summed E-state index contributed by atoms with van der Waals surface area (Å²) in [6.07, 6.45) is 3.51. The summed E-state index contributed by atoms with van der Waals surface area (Å²) >= 11 is 3.17. The lowest BCUT2D eigenvalue weighted by atomic mass is 10.3. The van der Waals surface area contributed by atoms with E-state index in [0.717, 1.165) is 9.75 Å². The van der Waals surface area contributed by atoms with Crippen LogP contribution in [-0.2, 0) is 0 Å². The fourth-order valence-electron chi connectivity index (χ4n) is 1.20. The molecule has 0 aromatic carbocycles. The van der Waals surface area contributed by atoms with Crippen LogP contribution in [0.2, 0.25) is 0 Å². The van der Waals surface area contributed by atoms with Gasteiger partial charge in [-0.3, -0.25) is 4.79 Å². The average Bonchev–Trinajstić information content (AvgIpc) is 2.84. The van der Waals surface area contributed by atoms with E-state index in [0.29, 0.717) is 0 Å². The van der Waals surface area contributed by atoms with E-state index in [9.17, 15) is 4.79 Å². The summed E-state index contributed by atoms with van der Waals surface area (Å²) in [5.74, 6) is 0.0797. The Bertz CT molecular complexity index is 477. The Morgan fingerprint density at radius 2 is 2.20 bits per heavy atom. The highest BCUT2D eigenvalue weighted by atomic mass is 32.1. The number of rotatable bonds is 3. The van der Waals surface area contributed by atoms with E-state index >= 15 is 0 Å². The first-order valence-electron chi connectivity index (χ1n) is 4.58. The normalized spacial score (nSPS) is 11.0. The van der Waals surface area contributed by atoms with Gasteiger partial charge in [-0.1, -0.05) is 6.07 Å². The van der Waals surface area contributed by atoms with Crippen LogP contribution in [0.25, 0.3) is 6.08 Å². The van der Waals surface area contributed by atoms with Crippen LogP contribution >= 0.6 is 22.7 Å². The Morgan fingerprint density at radius 1 is 1.33 bits per heavy atom. The van der Waals surface area contributed by atoms with Gasteiger partial charge in [0.05, 0.1) is 4.88 Å². The van der Waals surface area contributed by atoms with Crippen molar-refractivity contribution in [3.63, 3.8) is 0 Å². The first-order chi connectivity index (χ1) is 7.25. The van der Waals surface area contributed by atoms with Gasteiger partial charge in [-0.2, -0.15) is 0 Å². The maximum Gasteiger partial charge on any atom is 0.195 e. The standard InChI is InChI=1S/C12H10OS2/c1-9-4-5-10(15-9)6-7-11(13)12-3-2-8-14-12/h2-8H,1H3/b7-6+. The van der Waals surface area contributed by atoms with E-state index in [4.69, 9.17) is 0 Å². The summed E-state index contributed by atoms with van der Waals surface area (Å²) in [4.78, 5) is 14.8. The molecule has 0 saturated heterocycles. The van der Waals surface area contributed by atoms with E-state index < -0.39 is 0 Å². The van der Waals surface area contributed by atoms with Crippen molar-refractivity contribution in [2.24, 2.45) is 0 Å². The van der Waals surface area contributed by atoms with Gasteiger partial charge in [0.25, 0.3) is 0 Å². The molecule has 2 aromatic rings. The van der Waals surface area contributed by atoms with Crippen molar-refractivity contribution < 1.29 is 4.79 Å². The molecule has 2 aromatic heterocycles. The fraction of sp³-hybridized carbons (Fsp3) is 0.0833. The van der Waals surface area contributed by atoms with Crippen LogP contribution in [0.15, 0.2) is 35.7 Å². The number of thiophene rings is 2. The van der Waals surface area contributed by atoms with Crippen molar-refractivity contribution in [3.8, 4) is 0 Å². The van der Waals surface area contributed by atoms with Crippen LogP contribution in [0.5, 0.6) is 0 Å². The first-order valence-corrected chi connectivity index (χ1v) is 6.28. The highest BCUT2D eigenvalue weighted by Crippen LogP contribution is 2.17. The summed E-state index contributed by atoms with van der Waals surface area (Å²) in [6, 6.07) is 7.82. The summed E-state index contributed by atoms with van der Waals surface area (Å²) in [5.41, 5.74) is 0. The highest BCUT2D eigenvalue weighted by Gasteiger charge is 2.01. The van der Waals surface area contributed by atoms with Gasteiger partial charge in [0.15, 0.2) is 5.78 Å². The molecule has 3 heteroatoms. The van der Waals surface area contributed by atoms with Crippen molar-refractivity contribution in [1.82, 2.24) is 0 Å². The van der Waals surface area contributed by atoms with Gasteiger partial charge in [0, 0.05) is 9.75 Å². The van der Waals surface area contributed by atoms with Crippen LogP contribution in [0.3, 0.4) is 0 Å². The SMILES string of the molecule is Cc1ccc(/C=C/C(=O)c2cccs2)s1. The number of aryl methyl sites for hydroxylation is 1. The van der Waals surface area contributed by atoms with E-state index in [1.807, 2.05) is 29.7 Å². The lowest BCUT2D eigenvalue weighted by Gasteiger charge is -1.87. The Labute approximate surface area is 96.7 Å². The highest BCUT2D eigenvalue weighted by molar-refractivity contribution is 7.13. The van der Waals surface area contributed by atoms with E-state index in [-0.39, 0.29) is 5.78 Å². The minimum atomic E-state index is 0.0797. The second kappa shape index (κ2) is 4.55. The minimum Gasteiger partial charge on any atom is -0.288 e. The van der Waals surface area contributed by atoms with Crippen molar-refractivity contribution in [2.45, 2.75) is 6.92 Å². The molecule has 0 radical (unpaired) electrons. The van der Waals surface area contributed by atoms with E-state index in [2.05, 4.69) is 13.0 Å². The molecular formula is C12H10OS2. The lowest BCUT2D eigenvalue weighted by molar-refractivity contribution is 0.105. The summed E-state index contributed by atoms with van der Waals surface area (Å²) in [7, 11) is 0.